The minimum atomic E-state index is -0.314. The number of rotatable bonds is 6. The van der Waals surface area contributed by atoms with Gasteiger partial charge < -0.3 is 15.8 Å². The lowest BCUT2D eigenvalue weighted by molar-refractivity contribution is -0.121. The van der Waals surface area contributed by atoms with Crippen LogP contribution in [-0.4, -0.2) is 54.7 Å². The molecular weight excluding hydrogens is 458 g/mol. The molecule has 0 aliphatic carbocycles. The SMILES string of the molecule is CN1CCOc2ccc(C(=N)c3cc(NC(=O)C(c4ccsc4)N4CCCC4)ccc3N)cc2C1. The maximum Gasteiger partial charge on any atom is 0.246 e. The molecule has 5 rings (SSSR count). The van der Waals surface area contributed by atoms with E-state index in [4.69, 9.17) is 15.9 Å². The predicted octanol–water partition coefficient (Wildman–Crippen LogP) is 4.35. The average molecular weight is 490 g/mol. The molecule has 2 aliphatic rings. The van der Waals surface area contributed by atoms with E-state index < -0.39 is 0 Å². The predicted molar refractivity (Wildman–Crippen MR) is 142 cm³/mol. The lowest BCUT2D eigenvalue weighted by atomic mass is 9.98. The summed E-state index contributed by atoms with van der Waals surface area (Å²) in [5, 5.41) is 16.0. The number of nitrogens with one attached hydrogen (secondary N) is 2. The zero-order valence-corrected chi connectivity index (χ0v) is 20.7. The number of hydrogen-bond acceptors (Lipinski definition) is 7. The average Bonchev–Trinajstić information content (AvgIpc) is 3.53. The zero-order chi connectivity index (χ0) is 24.4. The second-order valence-corrected chi connectivity index (χ2v) is 10.1. The highest BCUT2D eigenvalue weighted by Crippen LogP contribution is 2.30. The summed E-state index contributed by atoms with van der Waals surface area (Å²) in [6.45, 7) is 4.12. The summed E-state index contributed by atoms with van der Waals surface area (Å²) in [7, 11) is 2.06. The molecule has 0 bridgehead atoms. The number of carbonyl (C=O) groups is 1. The maximum atomic E-state index is 13.4. The van der Waals surface area contributed by atoms with Crippen LogP contribution in [0.3, 0.4) is 0 Å². The van der Waals surface area contributed by atoms with Crippen molar-refractivity contribution < 1.29 is 9.53 Å². The van der Waals surface area contributed by atoms with Crippen LogP contribution in [0, 0.1) is 5.41 Å². The fraction of sp³-hybridized carbons (Fsp3) is 0.333. The van der Waals surface area contributed by atoms with Crippen molar-refractivity contribution in [1.29, 1.82) is 5.41 Å². The van der Waals surface area contributed by atoms with Gasteiger partial charge in [0.15, 0.2) is 0 Å². The highest BCUT2D eigenvalue weighted by atomic mass is 32.1. The molecule has 1 fully saturated rings. The normalized spacial score (nSPS) is 17.3. The van der Waals surface area contributed by atoms with Crippen LogP contribution in [0.15, 0.2) is 53.2 Å². The quantitative estimate of drug-likeness (QED) is 0.354. The van der Waals surface area contributed by atoms with Crippen LogP contribution < -0.4 is 15.8 Å². The standard InChI is InChI=1S/C27H31N5O2S/c1-31-11-12-34-24-7-4-18(14-20(24)16-31)25(29)22-15-21(5-6-23(22)28)30-27(33)26(19-8-13-35-17-19)32-9-2-3-10-32/h4-8,13-15,17,26,29H,2-3,9-12,16,28H2,1H3,(H,30,33). The number of nitrogens with zero attached hydrogens (tertiary/aromatic N) is 2. The second kappa shape index (κ2) is 10.2. The van der Waals surface area contributed by atoms with Crippen molar-refractivity contribution in [2.24, 2.45) is 0 Å². The zero-order valence-electron chi connectivity index (χ0n) is 19.9. The highest BCUT2D eigenvalue weighted by molar-refractivity contribution is 7.08. The fourth-order valence-electron chi connectivity index (χ4n) is 4.86. The van der Waals surface area contributed by atoms with Crippen molar-refractivity contribution in [2.75, 3.05) is 44.3 Å². The van der Waals surface area contributed by atoms with E-state index in [9.17, 15) is 4.79 Å². The van der Waals surface area contributed by atoms with Gasteiger partial charge >= 0.3 is 0 Å². The summed E-state index contributed by atoms with van der Waals surface area (Å²) in [6, 6.07) is 12.9. The third-order valence-electron chi connectivity index (χ3n) is 6.72. The summed E-state index contributed by atoms with van der Waals surface area (Å²) in [4.78, 5) is 17.9. The molecule has 0 saturated carbocycles. The van der Waals surface area contributed by atoms with E-state index in [-0.39, 0.29) is 11.9 Å². The third kappa shape index (κ3) is 5.10. The Balaban J connectivity index is 1.39. The van der Waals surface area contributed by atoms with Gasteiger partial charge in [0, 0.05) is 41.2 Å². The molecule has 182 valence electrons. The molecule has 7 nitrogen and oxygen atoms in total. The Morgan fingerprint density at radius 3 is 2.74 bits per heavy atom. The summed E-state index contributed by atoms with van der Waals surface area (Å²) >= 11 is 1.60. The van der Waals surface area contributed by atoms with Gasteiger partial charge in [0.25, 0.3) is 0 Å². The molecule has 1 saturated heterocycles. The van der Waals surface area contributed by atoms with Crippen molar-refractivity contribution in [1.82, 2.24) is 9.80 Å². The molecule has 2 aromatic carbocycles. The number of ether oxygens (including phenoxy) is 1. The number of hydrogen-bond donors (Lipinski definition) is 3. The van der Waals surface area contributed by atoms with Crippen LogP contribution in [0.1, 0.15) is 41.1 Å². The first-order valence-corrected chi connectivity index (χ1v) is 12.9. The highest BCUT2D eigenvalue weighted by Gasteiger charge is 2.30. The number of amides is 1. The van der Waals surface area contributed by atoms with Crippen molar-refractivity contribution in [3.63, 3.8) is 0 Å². The summed E-state index contributed by atoms with van der Waals surface area (Å²) < 4.78 is 5.85. The van der Waals surface area contributed by atoms with E-state index in [1.165, 1.54) is 0 Å². The molecule has 1 atom stereocenters. The van der Waals surface area contributed by atoms with Gasteiger partial charge in [-0.2, -0.15) is 11.3 Å². The monoisotopic (exact) mass is 489 g/mol. The van der Waals surface area contributed by atoms with Gasteiger partial charge in [-0.1, -0.05) is 0 Å². The van der Waals surface area contributed by atoms with Crippen molar-refractivity contribution in [3.05, 3.63) is 75.5 Å². The van der Waals surface area contributed by atoms with E-state index in [1.807, 2.05) is 35.0 Å². The molecule has 3 heterocycles. The number of fused-ring (bicyclic) bond motifs is 1. The van der Waals surface area contributed by atoms with Gasteiger partial charge in [0.2, 0.25) is 5.91 Å². The van der Waals surface area contributed by atoms with Gasteiger partial charge in [-0.15, -0.1) is 0 Å². The van der Waals surface area contributed by atoms with E-state index in [1.54, 1.807) is 29.5 Å². The second-order valence-electron chi connectivity index (χ2n) is 9.28. The number of benzene rings is 2. The molecule has 4 N–H and O–H groups in total. The Labute approximate surface area is 210 Å². The van der Waals surface area contributed by atoms with Gasteiger partial charge in [0.1, 0.15) is 18.4 Å². The Morgan fingerprint density at radius 1 is 1.14 bits per heavy atom. The summed E-state index contributed by atoms with van der Waals surface area (Å²) in [5.74, 6) is 0.805. The number of likely N-dealkylation sites (tertiary alicyclic amines) is 1. The fourth-order valence-corrected chi connectivity index (χ4v) is 5.53. The van der Waals surface area contributed by atoms with Crippen molar-refractivity contribution in [3.8, 4) is 5.75 Å². The molecule has 0 radical (unpaired) electrons. The number of carbonyl (C=O) groups excluding carboxylic acids is 1. The lowest BCUT2D eigenvalue weighted by Gasteiger charge is -2.26. The molecular formula is C27H31N5O2S. The van der Waals surface area contributed by atoms with Crippen LogP contribution in [0.2, 0.25) is 0 Å². The number of likely N-dealkylation sites (N-methyl/N-ethyl adjacent to an activating group) is 1. The molecule has 8 heteroatoms. The summed E-state index contributed by atoms with van der Waals surface area (Å²) in [5.41, 5.74) is 11.2. The van der Waals surface area contributed by atoms with Crippen molar-refractivity contribution in [2.45, 2.75) is 25.4 Å². The molecule has 1 unspecified atom stereocenters. The number of thiophene rings is 1. The maximum absolute atomic E-state index is 13.4. The molecule has 0 spiro atoms. The molecule has 35 heavy (non-hydrogen) atoms. The first-order chi connectivity index (χ1) is 17.0. The number of nitrogen functional groups attached to an aromatic ring is 1. The van der Waals surface area contributed by atoms with Crippen LogP contribution in [0.4, 0.5) is 11.4 Å². The summed E-state index contributed by atoms with van der Waals surface area (Å²) in [6.07, 6.45) is 2.22. The smallest absolute Gasteiger partial charge is 0.246 e. The minimum absolute atomic E-state index is 0.0576. The Hall–Kier alpha value is -3.20. The first kappa shape index (κ1) is 23.5. The largest absolute Gasteiger partial charge is 0.492 e. The number of anilines is 2. The van der Waals surface area contributed by atoms with E-state index in [2.05, 4.69) is 22.2 Å². The third-order valence-corrected chi connectivity index (χ3v) is 7.42. The molecule has 3 aromatic rings. The molecule has 1 aromatic heterocycles. The van der Waals surface area contributed by atoms with Gasteiger partial charge in [-0.05, 0) is 91.8 Å². The minimum Gasteiger partial charge on any atom is -0.492 e. The Morgan fingerprint density at radius 2 is 1.97 bits per heavy atom. The van der Waals surface area contributed by atoms with Crippen LogP contribution >= 0.6 is 11.3 Å². The van der Waals surface area contributed by atoms with Crippen LogP contribution in [0.5, 0.6) is 5.75 Å². The van der Waals surface area contributed by atoms with Gasteiger partial charge in [0.05, 0.1) is 5.71 Å². The van der Waals surface area contributed by atoms with E-state index >= 15 is 0 Å². The number of nitrogens with two attached hydrogens (primary N) is 1. The van der Waals surface area contributed by atoms with E-state index in [0.29, 0.717) is 29.3 Å². The Bertz CT molecular complexity index is 1220. The molecule has 1 amide bonds. The lowest BCUT2D eigenvalue weighted by Crippen LogP contribution is -2.35. The Kier molecular flexibility index (Phi) is 6.86. The first-order valence-electron chi connectivity index (χ1n) is 12.0. The molecule has 2 aliphatic heterocycles. The van der Waals surface area contributed by atoms with E-state index in [0.717, 1.165) is 61.5 Å². The van der Waals surface area contributed by atoms with Crippen LogP contribution in [0.25, 0.3) is 0 Å². The van der Waals surface area contributed by atoms with Crippen molar-refractivity contribution >= 4 is 34.3 Å². The van der Waals surface area contributed by atoms with Gasteiger partial charge in [-0.3, -0.25) is 20.0 Å². The van der Waals surface area contributed by atoms with Gasteiger partial charge in [-0.25, -0.2) is 0 Å². The van der Waals surface area contributed by atoms with Crippen LogP contribution in [-0.2, 0) is 11.3 Å². The topological polar surface area (TPSA) is 94.7 Å².